The number of nitrogens with one attached hydrogen (secondary N) is 2. The number of rotatable bonds is 9. The maximum Gasteiger partial charge on any atom is 0.255 e. The highest BCUT2D eigenvalue weighted by Crippen LogP contribution is 2.41. The largest absolute Gasteiger partial charge is 0.497 e. The first kappa shape index (κ1) is 24.5. The molecule has 1 unspecified atom stereocenters. The van der Waals surface area contributed by atoms with Gasteiger partial charge in [-0.3, -0.25) is 4.79 Å². The summed E-state index contributed by atoms with van der Waals surface area (Å²) in [6.45, 7) is 6.28. The van der Waals surface area contributed by atoms with E-state index in [0.29, 0.717) is 51.9 Å². The van der Waals surface area contributed by atoms with Gasteiger partial charge in [-0.05, 0) is 49.9 Å². The molecular formula is C25H29N5O4S. The smallest absolute Gasteiger partial charge is 0.255 e. The van der Waals surface area contributed by atoms with Crippen LogP contribution in [0.2, 0.25) is 0 Å². The number of nitrogens with zero attached hydrogens (tertiary/aromatic N) is 3. The van der Waals surface area contributed by atoms with Crippen molar-refractivity contribution in [2.24, 2.45) is 0 Å². The second kappa shape index (κ2) is 10.7. The molecule has 184 valence electrons. The number of carbonyl (C=O) groups is 1. The average molecular weight is 496 g/mol. The molecular weight excluding hydrogens is 466 g/mol. The third-order valence-electron chi connectivity index (χ3n) is 5.52. The van der Waals surface area contributed by atoms with E-state index < -0.39 is 6.04 Å². The molecule has 4 rings (SSSR count). The molecule has 0 bridgehead atoms. The lowest BCUT2D eigenvalue weighted by Gasteiger charge is -2.29. The molecule has 0 aliphatic carbocycles. The van der Waals surface area contributed by atoms with Crippen LogP contribution in [-0.4, -0.2) is 47.3 Å². The first-order valence-electron chi connectivity index (χ1n) is 11.3. The van der Waals surface area contributed by atoms with Gasteiger partial charge in [0, 0.05) is 11.3 Å². The summed E-state index contributed by atoms with van der Waals surface area (Å²) in [6.07, 6.45) is 0. The van der Waals surface area contributed by atoms with Crippen LogP contribution in [0.15, 0.2) is 58.9 Å². The quantitative estimate of drug-likeness (QED) is 0.411. The number of hydrogen-bond acceptors (Lipinski definition) is 8. The van der Waals surface area contributed by atoms with Crippen molar-refractivity contribution < 1.29 is 19.0 Å². The van der Waals surface area contributed by atoms with Gasteiger partial charge < -0.3 is 24.8 Å². The summed E-state index contributed by atoms with van der Waals surface area (Å²) in [7, 11) is 3.20. The second-order valence-corrected chi connectivity index (χ2v) is 8.88. The Kier molecular flexibility index (Phi) is 7.50. The Bertz CT molecular complexity index is 1260. The van der Waals surface area contributed by atoms with Gasteiger partial charge in [-0.15, -0.1) is 5.10 Å². The van der Waals surface area contributed by atoms with Crippen LogP contribution in [0.3, 0.4) is 0 Å². The molecule has 9 nitrogen and oxygen atoms in total. The summed E-state index contributed by atoms with van der Waals surface area (Å²) >= 11 is 1.53. The molecule has 0 spiro atoms. The van der Waals surface area contributed by atoms with Crippen molar-refractivity contribution in [2.45, 2.75) is 32.0 Å². The fourth-order valence-corrected chi connectivity index (χ4v) is 4.55. The van der Waals surface area contributed by atoms with Crippen LogP contribution in [0.4, 0.5) is 11.6 Å². The number of methoxy groups -OCH3 is 2. The van der Waals surface area contributed by atoms with E-state index in [1.165, 1.54) is 11.8 Å². The number of anilines is 2. The van der Waals surface area contributed by atoms with E-state index in [0.717, 1.165) is 11.3 Å². The Hall–Kier alpha value is -3.66. The summed E-state index contributed by atoms with van der Waals surface area (Å²) in [6, 6.07) is 12.3. The van der Waals surface area contributed by atoms with Gasteiger partial charge in [0.05, 0.1) is 32.1 Å². The predicted octanol–water partition coefficient (Wildman–Crippen LogP) is 4.73. The third-order valence-corrected chi connectivity index (χ3v) is 6.24. The maximum atomic E-state index is 13.8. The molecule has 35 heavy (non-hydrogen) atoms. The zero-order valence-corrected chi connectivity index (χ0v) is 21.2. The van der Waals surface area contributed by atoms with Crippen molar-refractivity contribution >= 4 is 29.3 Å². The van der Waals surface area contributed by atoms with Gasteiger partial charge in [-0.2, -0.15) is 4.98 Å². The summed E-state index contributed by atoms with van der Waals surface area (Å²) < 4.78 is 18.6. The molecule has 1 aliphatic heterocycles. The average Bonchev–Trinajstić information content (AvgIpc) is 3.26. The Balaban J connectivity index is 1.84. The fraction of sp³-hybridized carbons (Fsp3) is 0.320. The number of hydrogen-bond donors (Lipinski definition) is 2. The van der Waals surface area contributed by atoms with Crippen LogP contribution >= 0.6 is 11.8 Å². The third kappa shape index (κ3) is 4.93. The van der Waals surface area contributed by atoms with Crippen molar-refractivity contribution in [3.05, 3.63) is 59.3 Å². The number of benzene rings is 2. The Morgan fingerprint density at radius 2 is 1.94 bits per heavy atom. The molecule has 1 atom stereocenters. The number of allylic oxidation sites excluding steroid dienone is 1. The maximum absolute atomic E-state index is 13.8. The molecule has 10 heteroatoms. The Labute approximate surface area is 208 Å². The molecule has 0 fully saturated rings. The summed E-state index contributed by atoms with van der Waals surface area (Å²) in [5, 5.41) is 11.6. The normalized spacial score (nSPS) is 14.7. The van der Waals surface area contributed by atoms with Crippen molar-refractivity contribution in [1.82, 2.24) is 14.8 Å². The molecule has 3 aromatic rings. The highest BCUT2D eigenvalue weighted by molar-refractivity contribution is 7.99. The molecule has 0 saturated carbocycles. The summed E-state index contributed by atoms with van der Waals surface area (Å²) in [5.41, 5.74) is 2.46. The zero-order valence-electron chi connectivity index (χ0n) is 20.4. The van der Waals surface area contributed by atoms with Gasteiger partial charge in [0.2, 0.25) is 11.1 Å². The number of amides is 1. The van der Waals surface area contributed by atoms with Crippen LogP contribution in [0.1, 0.15) is 32.4 Å². The van der Waals surface area contributed by atoms with Crippen LogP contribution in [0.5, 0.6) is 17.2 Å². The highest BCUT2D eigenvalue weighted by Gasteiger charge is 2.36. The van der Waals surface area contributed by atoms with E-state index >= 15 is 0 Å². The first-order chi connectivity index (χ1) is 17.0. The van der Waals surface area contributed by atoms with E-state index in [9.17, 15) is 4.79 Å². The Morgan fingerprint density at radius 1 is 1.14 bits per heavy atom. The number of fused-ring (bicyclic) bond motifs is 1. The van der Waals surface area contributed by atoms with Crippen molar-refractivity contribution in [1.29, 1.82) is 0 Å². The van der Waals surface area contributed by atoms with Crippen LogP contribution < -0.4 is 24.8 Å². The summed E-state index contributed by atoms with van der Waals surface area (Å²) in [5.74, 6) is 2.94. The standard InChI is InChI=1S/C25H29N5O4S/c1-6-34-20-11-9-8-10-18(20)27-23(31)21-15(3)26-24-28-25(35-7-2)29-30(24)22(21)17-14-16(32-4)12-13-19(17)33-5/h8-14,22H,6-7H2,1-5H3,(H,27,31)(H,26,28,29). The van der Waals surface area contributed by atoms with Gasteiger partial charge in [-0.1, -0.05) is 30.8 Å². The van der Waals surface area contributed by atoms with Gasteiger partial charge in [-0.25, -0.2) is 4.68 Å². The van der Waals surface area contributed by atoms with E-state index in [1.54, 1.807) is 18.9 Å². The molecule has 0 radical (unpaired) electrons. The lowest BCUT2D eigenvalue weighted by atomic mass is 9.94. The number of aromatic nitrogens is 3. The van der Waals surface area contributed by atoms with Crippen molar-refractivity contribution in [2.75, 3.05) is 37.2 Å². The molecule has 1 aromatic heterocycles. The topological polar surface area (TPSA) is 99.5 Å². The molecule has 1 amide bonds. The van der Waals surface area contributed by atoms with E-state index in [-0.39, 0.29) is 5.91 Å². The molecule has 2 heterocycles. The van der Waals surface area contributed by atoms with Crippen LogP contribution in [0, 0.1) is 0 Å². The van der Waals surface area contributed by atoms with Gasteiger partial charge >= 0.3 is 0 Å². The fourth-order valence-electron chi connectivity index (χ4n) is 4.00. The van der Waals surface area contributed by atoms with Crippen molar-refractivity contribution in [3.63, 3.8) is 0 Å². The first-order valence-corrected chi connectivity index (χ1v) is 12.3. The van der Waals surface area contributed by atoms with Gasteiger partial charge in [0.15, 0.2) is 0 Å². The minimum Gasteiger partial charge on any atom is -0.497 e. The zero-order chi connectivity index (χ0) is 24.9. The monoisotopic (exact) mass is 495 g/mol. The molecule has 2 aromatic carbocycles. The summed E-state index contributed by atoms with van der Waals surface area (Å²) in [4.78, 5) is 18.4. The Morgan fingerprint density at radius 3 is 2.66 bits per heavy atom. The lowest BCUT2D eigenvalue weighted by Crippen LogP contribution is -2.32. The van der Waals surface area contributed by atoms with Crippen LogP contribution in [0.25, 0.3) is 0 Å². The number of ether oxygens (including phenoxy) is 3. The van der Waals surface area contributed by atoms with Crippen molar-refractivity contribution in [3.8, 4) is 17.2 Å². The molecule has 2 N–H and O–H groups in total. The van der Waals surface area contributed by atoms with E-state index in [2.05, 4.69) is 15.6 Å². The SMILES string of the molecule is CCOc1ccccc1NC(=O)C1=C(C)Nc2nc(SCC)nn2C1c1cc(OC)ccc1OC. The van der Waals surface area contributed by atoms with E-state index in [4.69, 9.17) is 19.3 Å². The number of carbonyl (C=O) groups excluding carboxylic acids is 1. The van der Waals surface area contributed by atoms with E-state index in [1.807, 2.05) is 63.2 Å². The lowest BCUT2D eigenvalue weighted by molar-refractivity contribution is -0.113. The minimum absolute atomic E-state index is 0.289. The minimum atomic E-state index is -0.603. The molecule has 1 aliphatic rings. The second-order valence-electron chi connectivity index (χ2n) is 7.65. The van der Waals surface area contributed by atoms with Crippen LogP contribution in [-0.2, 0) is 4.79 Å². The number of thioether (sulfide) groups is 1. The molecule has 0 saturated heterocycles. The number of para-hydroxylation sites is 2. The predicted molar refractivity (Wildman–Crippen MR) is 137 cm³/mol. The van der Waals surface area contributed by atoms with Gasteiger partial charge in [0.1, 0.15) is 23.3 Å². The van der Waals surface area contributed by atoms with Gasteiger partial charge in [0.25, 0.3) is 5.91 Å². The highest BCUT2D eigenvalue weighted by atomic mass is 32.2.